The number of esters is 2. The number of hydrogen-bond acceptors (Lipinski definition) is 18. The number of carboxylic acid groups (broad SMARTS) is 1. The fourth-order valence-corrected chi connectivity index (χ4v) is 14.8. The average molecular weight is 969 g/mol. The number of aliphatic carboxylic acids is 1. The lowest BCUT2D eigenvalue weighted by molar-refractivity contribution is -0.375. The van der Waals surface area contributed by atoms with Crippen LogP contribution in [0, 0.1) is 50.2 Å². The summed E-state index contributed by atoms with van der Waals surface area (Å²) in [5.74, 6) is -3.50. The topological polar surface area (TPSA) is 309 Å². The number of ether oxygens (including phenoxy) is 6. The molecule has 0 radical (unpaired) electrons. The van der Waals surface area contributed by atoms with Crippen LogP contribution in [0.25, 0.3) is 0 Å². The van der Waals surface area contributed by atoms with Gasteiger partial charge in [0.2, 0.25) is 0 Å². The Labute approximate surface area is 397 Å². The van der Waals surface area contributed by atoms with E-state index in [1.807, 2.05) is 20.8 Å². The number of carbonyl (C=O) groups is 3. The summed E-state index contributed by atoms with van der Waals surface area (Å²) in [6, 6.07) is 0. The molecule has 2 saturated heterocycles. The first-order valence-corrected chi connectivity index (χ1v) is 24.2. The van der Waals surface area contributed by atoms with Gasteiger partial charge in [0.05, 0.1) is 37.4 Å². The van der Waals surface area contributed by atoms with E-state index in [0.29, 0.717) is 44.1 Å². The fourth-order valence-electron chi connectivity index (χ4n) is 14.8. The largest absolute Gasteiger partial charge is 0.479 e. The van der Waals surface area contributed by atoms with Gasteiger partial charge < -0.3 is 79.5 Å². The molecule has 7 rings (SSSR count). The lowest BCUT2D eigenvalue weighted by Crippen LogP contribution is -2.72. The first-order chi connectivity index (χ1) is 31.7. The molecular formula is C49H76O19. The van der Waals surface area contributed by atoms with E-state index < -0.39 is 155 Å². The quantitative estimate of drug-likeness (QED) is 0.0594. The van der Waals surface area contributed by atoms with Crippen molar-refractivity contribution in [2.45, 2.75) is 193 Å². The molecular weight excluding hydrogens is 893 g/mol. The van der Waals surface area contributed by atoms with Crippen LogP contribution in [0.4, 0.5) is 0 Å². The molecule has 0 bridgehead atoms. The van der Waals surface area contributed by atoms with E-state index in [2.05, 4.69) is 26.8 Å². The SMILES string of the molecule is CC=C(C)C(=O)O[C@H]1[C@H](OC(C)=O)[C@]2(CO)[C@H](O)C[C@]3(C)C(=CC[C@@H]4[C@@]5(C)CC[C@H](O[C@@H]6O[C@H](C(=O)O)[C@@H](O)[C@H](O)[C@H]6O[C@@H]6O[C@H](CO)[C@@H](O)[C@H](O)[C@H]6O)[C@](C)(CO)[C@@H]5CC[C@]43C)[C@@H]2CC1(C)C. The first-order valence-electron chi connectivity index (χ1n) is 24.2. The number of hydrogen-bond donors (Lipinski definition) is 10. The van der Waals surface area contributed by atoms with E-state index in [9.17, 15) is 65.4 Å². The highest BCUT2D eigenvalue weighted by atomic mass is 16.8. The minimum Gasteiger partial charge on any atom is -0.479 e. The summed E-state index contributed by atoms with van der Waals surface area (Å²) >= 11 is 0. The summed E-state index contributed by atoms with van der Waals surface area (Å²) in [6.07, 6.45) is -15.1. The Kier molecular flexibility index (Phi) is 14.7. The summed E-state index contributed by atoms with van der Waals surface area (Å²) < 4.78 is 36.1. The molecule has 2 aliphatic heterocycles. The molecule has 19 nitrogen and oxygen atoms in total. The van der Waals surface area contributed by atoms with Crippen molar-refractivity contribution in [3.05, 3.63) is 23.3 Å². The molecule has 5 aliphatic carbocycles. The number of carboxylic acids is 1. The van der Waals surface area contributed by atoms with E-state index in [4.69, 9.17) is 28.4 Å². The number of carbonyl (C=O) groups excluding carboxylic acids is 2. The van der Waals surface area contributed by atoms with Crippen molar-refractivity contribution < 1.29 is 93.9 Å². The standard InChI is InChI=1S/C49H76O19/c1-10-22(2)41(62)68-38-39(63-23(3)53)49(21-52)25(17-44(38,4)5)24-11-12-28-45(6)15-14-30(46(7,20-51)27(45)13-16-47(28,8)48(24,9)18-29(49)54)65-43-37(34(58)33(57)36(66-43)40(60)61)67-42-35(59)32(56)31(55)26(19-50)64-42/h10-11,25-39,42-43,50-52,54-59H,12-21H2,1-9H3,(H,60,61)/t25-,26+,27+,28+,29+,30-,31+,32-,33-,34-,35+,36-,37+,38-,39-,42-,43+,45-,46+,47+,48+,49-/m0/s1. The Morgan fingerprint density at radius 3 is 2.03 bits per heavy atom. The molecule has 6 fully saturated rings. The van der Waals surface area contributed by atoms with E-state index in [0.717, 1.165) is 5.57 Å². The predicted molar refractivity (Wildman–Crippen MR) is 236 cm³/mol. The molecule has 0 aromatic heterocycles. The van der Waals surface area contributed by atoms with E-state index >= 15 is 0 Å². The number of rotatable bonds is 11. The Hall–Kier alpha value is -2.63. The van der Waals surface area contributed by atoms with Gasteiger partial charge in [-0.05, 0) is 92.8 Å². The van der Waals surface area contributed by atoms with Gasteiger partial charge in [0.1, 0.15) is 54.9 Å². The zero-order valence-electron chi connectivity index (χ0n) is 40.7. The zero-order valence-corrected chi connectivity index (χ0v) is 40.7. The second kappa shape index (κ2) is 18.8. The van der Waals surface area contributed by atoms with Crippen molar-refractivity contribution >= 4 is 17.9 Å². The molecule has 7 aliphatic rings. The van der Waals surface area contributed by atoms with Crippen LogP contribution in [-0.2, 0) is 42.8 Å². The van der Waals surface area contributed by atoms with Gasteiger partial charge in [-0.3, -0.25) is 4.79 Å². The summed E-state index contributed by atoms with van der Waals surface area (Å²) in [5, 5.41) is 109. The second-order valence-corrected chi connectivity index (χ2v) is 22.7. The second-order valence-electron chi connectivity index (χ2n) is 22.7. The number of aliphatic hydroxyl groups excluding tert-OH is 9. The predicted octanol–water partition coefficient (Wildman–Crippen LogP) is 0.855. The van der Waals surface area contributed by atoms with Crippen LogP contribution < -0.4 is 0 Å². The molecule has 386 valence electrons. The van der Waals surface area contributed by atoms with Crippen LogP contribution in [-0.4, -0.2) is 175 Å². The van der Waals surface area contributed by atoms with E-state index in [1.54, 1.807) is 19.9 Å². The summed E-state index contributed by atoms with van der Waals surface area (Å²) in [4.78, 5) is 38.5. The molecule has 0 aromatic carbocycles. The highest BCUT2D eigenvalue weighted by Gasteiger charge is 2.74. The number of aliphatic hydroxyl groups is 9. The van der Waals surface area contributed by atoms with Crippen molar-refractivity contribution in [2.24, 2.45) is 50.2 Å². The van der Waals surface area contributed by atoms with Crippen LogP contribution in [0.5, 0.6) is 0 Å². The Bertz CT molecular complexity index is 1970. The Morgan fingerprint density at radius 1 is 0.765 bits per heavy atom. The third kappa shape index (κ3) is 8.02. The van der Waals surface area contributed by atoms with Gasteiger partial charge in [0.15, 0.2) is 18.7 Å². The van der Waals surface area contributed by atoms with Gasteiger partial charge >= 0.3 is 17.9 Å². The summed E-state index contributed by atoms with van der Waals surface area (Å²) in [7, 11) is 0. The van der Waals surface area contributed by atoms with Gasteiger partial charge in [0.25, 0.3) is 0 Å². The number of fused-ring (bicyclic) bond motifs is 7. The minimum atomic E-state index is -2.04. The third-order valence-electron chi connectivity index (χ3n) is 18.9. The molecule has 0 amide bonds. The maximum Gasteiger partial charge on any atom is 0.335 e. The molecule has 2 heterocycles. The zero-order chi connectivity index (χ0) is 50.4. The van der Waals surface area contributed by atoms with Crippen LogP contribution >= 0.6 is 0 Å². The lowest BCUT2D eigenvalue weighted by Gasteiger charge is -2.72. The van der Waals surface area contributed by atoms with Gasteiger partial charge in [-0.2, -0.15) is 0 Å². The van der Waals surface area contributed by atoms with Crippen LogP contribution in [0.15, 0.2) is 23.3 Å². The average Bonchev–Trinajstić information content (AvgIpc) is 3.27. The Balaban J connectivity index is 1.21. The Morgan fingerprint density at radius 2 is 1.44 bits per heavy atom. The molecule has 19 heteroatoms. The normalized spacial score (nSPS) is 50.1. The molecule has 68 heavy (non-hydrogen) atoms. The third-order valence-corrected chi connectivity index (χ3v) is 18.9. The van der Waals surface area contributed by atoms with E-state index in [1.165, 1.54) is 6.92 Å². The monoisotopic (exact) mass is 968 g/mol. The van der Waals surface area contributed by atoms with Crippen LogP contribution in [0.1, 0.15) is 107 Å². The molecule has 4 saturated carbocycles. The number of allylic oxidation sites excluding steroid dienone is 3. The molecule has 0 aromatic rings. The minimum absolute atomic E-state index is 0.0110. The maximum atomic E-state index is 13.3. The maximum absolute atomic E-state index is 13.3. The van der Waals surface area contributed by atoms with Crippen LogP contribution in [0.2, 0.25) is 0 Å². The van der Waals surface area contributed by atoms with Gasteiger partial charge in [-0.15, -0.1) is 0 Å². The van der Waals surface area contributed by atoms with Crippen molar-refractivity contribution in [1.29, 1.82) is 0 Å². The van der Waals surface area contributed by atoms with Gasteiger partial charge in [0, 0.05) is 23.3 Å². The van der Waals surface area contributed by atoms with Gasteiger partial charge in [-0.1, -0.05) is 59.3 Å². The van der Waals surface area contributed by atoms with E-state index in [-0.39, 0.29) is 24.9 Å². The summed E-state index contributed by atoms with van der Waals surface area (Å²) in [5.41, 5.74) is -3.29. The fraction of sp³-hybridized carbons (Fsp3) is 0.857. The molecule has 22 atom stereocenters. The molecule has 0 spiro atoms. The van der Waals surface area contributed by atoms with Crippen LogP contribution in [0.3, 0.4) is 0 Å². The molecule has 10 N–H and O–H groups in total. The van der Waals surface area contributed by atoms with Crippen molar-refractivity contribution in [2.75, 3.05) is 19.8 Å². The van der Waals surface area contributed by atoms with Crippen molar-refractivity contribution in [3.63, 3.8) is 0 Å². The first kappa shape index (κ1) is 53.2. The smallest absolute Gasteiger partial charge is 0.335 e. The highest BCUT2D eigenvalue weighted by Crippen LogP contribution is 2.76. The van der Waals surface area contributed by atoms with Crippen molar-refractivity contribution in [3.8, 4) is 0 Å². The summed E-state index contributed by atoms with van der Waals surface area (Å²) in [6.45, 7) is 15.4. The van der Waals surface area contributed by atoms with Crippen molar-refractivity contribution in [1.82, 2.24) is 0 Å². The lowest BCUT2D eigenvalue weighted by atomic mass is 9.33. The molecule has 0 unspecified atom stereocenters. The highest BCUT2D eigenvalue weighted by molar-refractivity contribution is 5.87. The van der Waals surface area contributed by atoms with Gasteiger partial charge in [-0.25, -0.2) is 9.59 Å².